The summed E-state index contributed by atoms with van der Waals surface area (Å²) in [6.45, 7) is 11.8. The van der Waals surface area contributed by atoms with Crippen molar-refractivity contribution in [3.8, 4) is 0 Å². The lowest BCUT2D eigenvalue weighted by atomic mass is 9.81. The number of nitrogens with one attached hydrogen (secondary N) is 4. The molecule has 5 amide bonds. The molecule has 0 spiro atoms. The molecular weight excluding hydrogens is 638 g/mol. The third-order valence-electron chi connectivity index (χ3n) is 10.6. The van der Waals surface area contributed by atoms with Gasteiger partial charge in [0.1, 0.15) is 23.8 Å². The van der Waals surface area contributed by atoms with Gasteiger partial charge in [-0.25, -0.2) is 4.98 Å². The molecule has 1 saturated heterocycles. The molecule has 4 rings (SSSR count). The van der Waals surface area contributed by atoms with Crippen molar-refractivity contribution in [2.45, 2.75) is 142 Å². The highest BCUT2D eigenvalue weighted by molar-refractivity contribution is 6.38. The predicted molar refractivity (Wildman–Crippen MR) is 187 cm³/mol. The van der Waals surface area contributed by atoms with Gasteiger partial charge < -0.3 is 26.2 Å². The van der Waals surface area contributed by atoms with E-state index in [-0.39, 0.29) is 29.5 Å². The Morgan fingerprint density at radius 3 is 2.20 bits per heavy atom. The van der Waals surface area contributed by atoms with E-state index in [0.29, 0.717) is 25.8 Å². The smallest absolute Gasteiger partial charge is 0.289 e. The minimum absolute atomic E-state index is 0.00439. The van der Waals surface area contributed by atoms with Crippen LogP contribution < -0.4 is 21.3 Å². The first kappa shape index (κ1) is 38.9. The molecule has 3 fully saturated rings. The number of hydrogen-bond donors (Lipinski definition) is 4. The normalized spacial score (nSPS) is 22.1. The zero-order valence-electron chi connectivity index (χ0n) is 30.6. The number of Topliss-reactive ketones (excluding diaryl/α,β-unsaturated/α-hetero) is 1. The molecule has 1 aliphatic heterocycles. The van der Waals surface area contributed by atoms with Crippen LogP contribution in [0.4, 0.5) is 0 Å². The average Bonchev–Trinajstić information content (AvgIpc) is 3.81. The first-order valence-corrected chi connectivity index (χ1v) is 18.6. The van der Waals surface area contributed by atoms with Crippen LogP contribution in [-0.4, -0.2) is 86.9 Å². The van der Waals surface area contributed by atoms with Gasteiger partial charge in [-0.15, -0.1) is 0 Å². The van der Waals surface area contributed by atoms with E-state index >= 15 is 0 Å². The van der Waals surface area contributed by atoms with Crippen LogP contribution in [0.25, 0.3) is 0 Å². The van der Waals surface area contributed by atoms with E-state index in [2.05, 4.69) is 31.2 Å². The molecule has 1 aromatic heterocycles. The number of ketones is 1. The number of likely N-dealkylation sites (tertiary alicyclic amines) is 1. The fourth-order valence-corrected chi connectivity index (χ4v) is 7.30. The number of amides is 5. The second-order valence-electron chi connectivity index (χ2n) is 15.5. The first-order chi connectivity index (χ1) is 23.8. The molecule has 0 radical (unpaired) electrons. The van der Waals surface area contributed by atoms with Crippen LogP contribution in [0.1, 0.15) is 123 Å². The van der Waals surface area contributed by atoms with E-state index in [1.54, 1.807) is 4.90 Å². The van der Waals surface area contributed by atoms with E-state index in [9.17, 15) is 28.8 Å². The zero-order valence-corrected chi connectivity index (χ0v) is 30.6. The second-order valence-corrected chi connectivity index (χ2v) is 15.5. The highest BCUT2D eigenvalue weighted by Gasteiger charge is 2.48. The minimum atomic E-state index is -1.02. The Labute approximate surface area is 296 Å². The van der Waals surface area contributed by atoms with Crippen molar-refractivity contribution in [2.75, 3.05) is 6.54 Å². The molecule has 276 valence electrons. The molecule has 0 aromatic carbocycles. The Morgan fingerprint density at radius 2 is 1.62 bits per heavy atom. The van der Waals surface area contributed by atoms with Crippen molar-refractivity contribution in [1.29, 1.82) is 0 Å². The fourth-order valence-electron chi connectivity index (χ4n) is 7.30. The maximum Gasteiger partial charge on any atom is 0.289 e. The van der Waals surface area contributed by atoms with Crippen molar-refractivity contribution >= 4 is 35.3 Å². The summed E-state index contributed by atoms with van der Waals surface area (Å²) in [6, 6.07) is -3.80. The highest BCUT2D eigenvalue weighted by atomic mass is 16.2. The van der Waals surface area contributed by atoms with Gasteiger partial charge in [-0.1, -0.05) is 73.6 Å². The van der Waals surface area contributed by atoms with Gasteiger partial charge in [0, 0.05) is 25.0 Å². The molecule has 3 aliphatic rings. The number of nitrogens with zero attached hydrogens (tertiary/aromatic N) is 3. The van der Waals surface area contributed by atoms with Crippen LogP contribution in [0, 0.1) is 23.2 Å². The lowest BCUT2D eigenvalue weighted by Crippen LogP contribution is -2.62. The van der Waals surface area contributed by atoms with Crippen LogP contribution >= 0.6 is 0 Å². The summed E-state index contributed by atoms with van der Waals surface area (Å²) < 4.78 is 0. The van der Waals surface area contributed by atoms with Gasteiger partial charge in [0.05, 0.1) is 12.2 Å². The van der Waals surface area contributed by atoms with Crippen LogP contribution in [0.2, 0.25) is 0 Å². The first-order valence-electron chi connectivity index (χ1n) is 18.6. The number of aromatic nitrogens is 2. The Kier molecular flexibility index (Phi) is 13.5. The van der Waals surface area contributed by atoms with E-state index in [1.807, 2.05) is 41.5 Å². The number of carbonyl (C=O) groups is 6. The largest absolute Gasteiger partial charge is 0.347 e. The van der Waals surface area contributed by atoms with Gasteiger partial charge in [0.25, 0.3) is 11.8 Å². The average molecular weight is 696 g/mol. The molecule has 50 heavy (non-hydrogen) atoms. The lowest BCUT2D eigenvalue weighted by Gasteiger charge is -2.38. The fraction of sp³-hybridized carbons (Fsp3) is 0.730. The van der Waals surface area contributed by atoms with Gasteiger partial charge in [0.15, 0.2) is 0 Å². The molecule has 6 atom stereocenters. The van der Waals surface area contributed by atoms with Gasteiger partial charge >= 0.3 is 0 Å². The molecule has 2 saturated carbocycles. The SMILES string of the molecule is CCCC(NC(=O)[C@@H]1[C@@H](C(C)CC)CCN1C(=O)[C@@H](NC(=O)[C@@H](NC(=O)c1cnccn1)C1CCCCC1)C(C)(C)C)C(=O)C(=O)NC1CC1. The molecule has 2 unspecified atom stereocenters. The number of carbonyl (C=O) groups excluding carboxylic acids is 6. The van der Waals surface area contributed by atoms with Crippen LogP contribution in [-0.2, 0) is 24.0 Å². The summed E-state index contributed by atoms with van der Waals surface area (Å²) in [6.07, 6.45) is 12.6. The third kappa shape index (κ3) is 9.87. The second kappa shape index (κ2) is 17.4. The van der Waals surface area contributed by atoms with E-state index in [0.717, 1.165) is 51.4 Å². The molecule has 13 nitrogen and oxygen atoms in total. The number of rotatable bonds is 15. The van der Waals surface area contributed by atoms with Crippen LogP contribution in [0.15, 0.2) is 18.6 Å². The molecule has 2 aliphatic carbocycles. The van der Waals surface area contributed by atoms with Crippen molar-refractivity contribution in [3.05, 3.63) is 24.3 Å². The van der Waals surface area contributed by atoms with Gasteiger partial charge in [-0.2, -0.15) is 0 Å². The van der Waals surface area contributed by atoms with Crippen molar-refractivity contribution in [3.63, 3.8) is 0 Å². The zero-order chi connectivity index (χ0) is 36.6. The molecular formula is C37H57N7O6. The van der Waals surface area contributed by atoms with Crippen LogP contribution in [0.3, 0.4) is 0 Å². The Morgan fingerprint density at radius 1 is 0.920 bits per heavy atom. The molecule has 1 aromatic rings. The standard InChI is InChI=1S/C37H57N7O6/c1-7-12-26(30(45)35(49)40-24-15-16-24)41-34(48)29-25(22(3)8-2)17-20-44(29)36(50)31(37(4,5)6)43-33(47)28(23-13-10-9-11-14-23)42-32(46)27-21-38-18-19-39-27/h18-19,21-26,28-29,31H,7-17,20H2,1-6H3,(H,40,49)(H,41,48)(H,42,46)(H,43,47)/t22?,25-,26?,28+,29+,31-/m1/s1. The lowest BCUT2D eigenvalue weighted by molar-refractivity contribution is -0.146. The Hall–Kier alpha value is -3.90. The van der Waals surface area contributed by atoms with E-state index < -0.39 is 64.9 Å². The maximum absolute atomic E-state index is 14.6. The Bertz CT molecular complexity index is 1370. The Balaban J connectivity index is 1.58. The van der Waals surface area contributed by atoms with Gasteiger partial charge in [0.2, 0.25) is 23.5 Å². The van der Waals surface area contributed by atoms with E-state index in [4.69, 9.17) is 0 Å². The molecule has 2 heterocycles. The summed E-state index contributed by atoms with van der Waals surface area (Å²) in [5, 5.41) is 11.5. The van der Waals surface area contributed by atoms with Gasteiger partial charge in [-0.3, -0.25) is 33.8 Å². The monoisotopic (exact) mass is 695 g/mol. The minimum Gasteiger partial charge on any atom is -0.347 e. The summed E-state index contributed by atoms with van der Waals surface area (Å²) in [4.78, 5) is 91.6. The van der Waals surface area contributed by atoms with Crippen molar-refractivity contribution in [2.24, 2.45) is 23.2 Å². The van der Waals surface area contributed by atoms with Crippen LogP contribution in [0.5, 0.6) is 0 Å². The molecule has 13 heteroatoms. The quantitative estimate of drug-likeness (QED) is 0.202. The van der Waals surface area contributed by atoms with Gasteiger partial charge in [-0.05, 0) is 61.7 Å². The summed E-state index contributed by atoms with van der Waals surface area (Å²) in [7, 11) is 0. The predicted octanol–water partition coefficient (Wildman–Crippen LogP) is 3.08. The highest BCUT2D eigenvalue weighted by Crippen LogP contribution is 2.35. The van der Waals surface area contributed by atoms with Crippen molar-refractivity contribution in [1.82, 2.24) is 36.1 Å². The maximum atomic E-state index is 14.6. The van der Waals surface area contributed by atoms with Crippen molar-refractivity contribution < 1.29 is 28.8 Å². The summed E-state index contributed by atoms with van der Waals surface area (Å²) >= 11 is 0. The summed E-state index contributed by atoms with van der Waals surface area (Å²) in [5.41, 5.74) is -0.660. The molecule has 0 bridgehead atoms. The number of hydrogen-bond acceptors (Lipinski definition) is 8. The third-order valence-corrected chi connectivity index (χ3v) is 10.6. The molecule has 4 N–H and O–H groups in total. The van der Waals surface area contributed by atoms with E-state index in [1.165, 1.54) is 18.6 Å². The topological polar surface area (TPSA) is 180 Å². The summed E-state index contributed by atoms with van der Waals surface area (Å²) in [5.74, 6) is -3.43.